The third kappa shape index (κ3) is 3.42. The van der Waals surface area contributed by atoms with Crippen molar-refractivity contribution >= 4 is 23.2 Å². The number of carbonyl (C=O) groups is 2. The molecule has 28 heavy (non-hydrogen) atoms. The van der Waals surface area contributed by atoms with E-state index in [1.54, 1.807) is 12.0 Å². The molecule has 1 saturated heterocycles. The lowest BCUT2D eigenvalue weighted by atomic mass is 10.0. The van der Waals surface area contributed by atoms with Crippen LogP contribution in [0.2, 0.25) is 0 Å². The van der Waals surface area contributed by atoms with Gasteiger partial charge in [0, 0.05) is 56.6 Å². The molecule has 2 aromatic carbocycles. The highest BCUT2D eigenvalue weighted by Crippen LogP contribution is 2.31. The summed E-state index contributed by atoms with van der Waals surface area (Å²) in [5.41, 5.74) is 4.08. The molecule has 0 aliphatic carbocycles. The number of carbonyl (C=O) groups excluding carboxylic acids is 2. The standard InChI is InChI=1S/C22H25N3O3/c1-23-20-9-6-18(15-17(20)5-10-21(23)26)24-11-13-25(14-12-24)22(27)16-3-7-19(28-2)8-4-16/h3-4,6-9,15H,5,10-14H2,1-2H3. The van der Waals surface area contributed by atoms with E-state index in [4.69, 9.17) is 4.74 Å². The minimum atomic E-state index is 0.0629. The summed E-state index contributed by atoms with van der Waals surface area (Å²) in [6.07, 6.45) is 1.36. The highest BCUT2D eigenvalue weighted by atomic mass is 16.5. The molecule has 2 aromatic rings. The van der Waals surface area contributed by atoms with Crippen LogP contribution < -0.4 is 14.5 Å². The first-order valence-corrected chi connectivity index (χ1v) is 9.64. The van der Waals surface area contributed by atoms with Crippen molar-refractivity contribution in [2.24, 2.45) is 0 Å². The molecule has 0 saturated carbocycles. The maximum Gasteiger partial charge on any atom is 0.253 e. The molecule has 0 spiro atoms. The number of amides is 2. The zero-order valence-electron chi connectivity index (χ0n) is 16.4. The summed E-state index contributed by atoms with van der Waals surface area (Å²) in [6, 6.07) is 13.6. The van der Waals surface area contributed by atoms with Gasteiger partial charge in [-0.05, 0) is 54.4 Å². The molecule has 6 heteroatoms. The molecule has 2 aliphatic heterocycles. The third-order valence-electron chi connectivity index (χ3n) is 5.68. The lowest BCUT2D eigenvalue weighted by Gasteiger charge is -2.37. The number of rotatable bonds is 3. The number of piperazine rings is 1. The first kappa shape index (κ1) is 18.3. The van der Waals surface area contributed by atoms with Gasteiger partial charge in [-0.15, -0.1) is 0 Å². The van der Waals surface area contributed by atoms with Crippen LogP contribution in [0.4, 0.5) is 11.4 Å². The van der Waals surface area contributed by atoms with E-state index >= 15 is 0 Å². The number of methoxy groups -OCH3 is 1. The fourth-order valence-corrected chi connectivity index (χ4v) is 3.92. The number of nitrogens with zero attached hydrogens (tertiary/aromatic N) is 3. The smallest absolute Gasteiger partial charge is 0.253 e. The average molecular weight is 379 g/mol. The zero-order valence-corrected chi connectivity index (χ0v) is 16.4. The number of benzene rings is 2. The highest BCUT2D eigenvalue weighted by molar-refractivity contribution is 5.96. The van der Waals surface area contributed by atoms with Gasteiger partial charge in [-0.3, -0.25) is 9.59 Å². The van der Waals surface area contributed by atoms with Gasteiger partial charge < -0.3 is 19.4 Å². The Hall–Kier alpha value is -3.02. The first-order chi connectivity index (χ1) is 13.6. The van der Waals surface area contributed by atoms with E-state index in [1.165, 1.54) is 5.56 Å². The molecule has 6 nitrogen and oxygen atoms in total. The Morgan fingerprint density at radius 3 is 2.36 bits per heavy atom. The summed E-state index contributed by atoms with van der Waals surface area (Å²) in [7, 11) is 3.45. The van der Waals surface area contributed by atoms with Gasteiger partial charge >= 0.3 is 0 Å². The molecule has 0 radical (unpaired) electrons. The predicted octanol–water partition coefficient (Wildman–Crippen LogP) is 2.57. The fourth-order valence-electron chi connectivity index (χ4n) is 3.92. The summed E-state index contributed by atoms with van der Waals surface area (Å²) in [5.74, 6) is 0.986. The van der Waals surface area contributed by atoms with Gasteiger partial charge in [-0.1, -0.05) is 0 Å². The van der Waals surface area contributed by atoms with Crippen LogP contribution in [0.1, 0.15) is 22.3 Å². The molecular weight excluding hydrogens is 354 g/mol. The van der Waals surface area contributed by atoms with Gasteiger partial charge in [0.15, 0.2) is 0 Å². The van der Waals surface area contributed by atoms with Gasteiger partial charge in [0.25, 0.3) is 5.91 Å². The van der Waals surface area contributed by atoms with E-state index < -0.39 is 0 Å². The maximum atomic E-state index is 12.7. The van der Waals surface area contributed by atoms with Crippen molar-refractivity contribution in [2.75, 3.05) is 50.1 Å². The number of anilines is 2. The second-order valence-electron chi connectivity index (χ2n) is 7.27. The molecule has 2 amide bonds. The van der Waals surface area contributed by atoms with Crippen LogP contribution in [0.5, 0.6) is 5.75 Å². The Kier molecular flexibility index (Phi) is 4.94. The molecule has 2 heterocycles. The summed E-state index contributed by atoms with van der Waals surface area (Å²) >= 11 is 0. The number of fused-ring (bicyclic) bond motifs is 1. The second-order valence-corrected chi connectivity index (χ2v) is 7.27. The van der Waals surface area contributed by atoms with Crippen molar-refractivity contribution in [3.05, 3.63) is 53.6 Å². The van der Waals surface area contributed by atoms with Crippen molar-refractivity contribution in [1.82, 2.24) is 4.90 Å². The second kappa shape index (κ2) is 7.54. The zero-order chi connectivity index (χ0) is 19.7. The van der Waals surface area contributed by atoms with Gasteiger partial charge in [-0.2, -0.15) is 0 Å². The number of ether oxygens (including phenoxy) is 1. The quantitative estimate of drug-likeness (QED) is 0.823. The lowest BCUT2D eigenvalue weighted by Crippen LogP contribution is -2.48. The molecule has 0 bridgehead atoms. The summed E-state index contributed by atoms with van der Waals surface area (Å²) in [4.78, 5) is 30.6. The SMILES string of the molecule is COc1ccc(C(=O)N2CCN(c3ccc4c(c3)CCC(=O)N4C)CC2)cc1. The first-order valence-electron chi connectivity index (χ1n) is 9.64. The molecule has 0 aromatic heterocycles. The minimum Gasteiger partial charge on any atom is -0.497 e. The number of hydrogen-bond acceptors (Lipinski definition) is 4. The van der Waals surface area contributed by atoms with Gasteiger partial charge in [0.2, 0.25) is 5.91 Å². The Balaban J connectivity index is 1.41. The molecule has 0 unspecified atom stereocenters. The van der Waals surface area contributed by atoms with Crippen molar-refractivity contribution in [3.63, 3.8) is 0 Å². The molecule has 2 aliphatic rings. The Morgan fingerprint density at radius 2 is 1.68 bits per heavy atom. The molecule has 4 rings (SSSR count). The topological polar surface area (TPSA) is 53.1 Å². The van der Waals surface area contributed by atoms with E-state index in [9.17, 15) is 9.59 Å². The fraction of sp³-hybridized carbons (Fsp3) is 0.364. The molecule has 0 atom stereocenters. The highest BCUT2D eigenvalue weighted by Gasteiger charge is 2.25. The maximum absolute atomic E-state index is 12.7. The van der Waals surface area contributed by atoms with Crippen molar-refractivity contribution in [1.29, 1.82) is 0 Å². The minimum absolute atomic E-state index is 0.0629. The van der Waals surface area contributed by atoms with E-state index in [2.05, 4.69) is 17.0 Å². The summed E-state index contributed by atoms with van der Waals surface area (Å²) in [6.45, 7) is 2.99. The molecule has 1 fully saturated rings. The van der Waals surface area contributed by atoms with Crippen LogP contribution in [0.15, 0.2) is 42.5 Å². The van der Waals surface area contributed by atoms with E-state index in [1.807, 2.05) is 42.3 Å². The number of hydrogen-bond donors (Lipinski definition) is 0. The molecule has 0 N–H and O–H groups in total. The van der Waals surface area contributed by atoms with Crippen molar-refractivity contribution in [2.45, 2.75) is 12.8 Å². The van der Waals surface area contributed by atoms with Crippen molar-refractivity contribution < 1.29 is 14.3 Å². The van der Waals surface area contributed by atoms with Crippen LogP contribution in [0.3, 0.4) is 0 Å². The van der Waals surface area contributed by atoms with Crippen LogP contribution in [-0.2, 0) is 11.2 Å². The Morgan fingerprint density at radius 1 is 0.964 bits per heavy atom. The van der Waals surface area contributed by atoms with Crippen molar-refractivity contribution in [3.8, 4) is 5.75 Å². The number of aryl methyl sites for hydroxylation is 1. The largest absolute Gasteiger partial charge is 0.497 e. The third-order valence-corrected chi connectivity index (χ3v) is 5.68. The van der Waals surface area contributed by atoms with Gasteiger partial charge in [0.1, 0.15) is 5.75 Å². The Bertz CT molecular complexity index is 886. The van der Waals surface area contributed by atoms with Crippen LogP contribution in [-0.4, -0.2) is 57.1 Å². The van der Waals surface area contributed by atoms with E-state index in [0.29, 0.717) is 25.1 Å². The molecule has 146 valence electrons. The van der Waals surface area contributed by atoms with Crippen LogP contribution in [0.25, 0.3) is 0 Å². The normalized spacial score (nSPS) is 16.8. The summed E-state index contributed by atoms with van der Waals surface area (Å²) in [5, 5.41) is 0. The van der Waals surface area contributed by atoms with E-state index in [0.717, 1.165) is 36.6 Å². The molecular formula is C22H25N3O3. The average Bonchev–Trinajstić information content (AvgIpc) is 2.76. The predicted molar refractivity (Wildman–Crippen MR) is 109 cm³/mol. The monoisotopic (exact) mass is 379 g/mol. The Labute approximate surface area is 165 Å². The lowest BCUT2D eigenvalue weighted by molar-refractivity contribution is -0.118. The van der Waals surface area contributed by atoms with Crippen LogP contribution in [0, 0.1) is 0 Å². The van der Waals surface area contributed by atoms with Gasteiger partial charge in [0.05, 0.1) is 7.11 Å². The summed E-state index contributed by atoms with van der Waals surface area (Å²) < 4.78 is 5.16. The van der Waals surface area contributed by atoms with Gasteiger partial charge in [-0.25, -0.2) is 0 Å². The van der Waals surface area contributed by atoms with Crippen LogP contribution >= 0.6 is 0 Å². The van der Waals surface area contributed by atoms with E-state index in [-0.39, 0.29) is 11.8 Å².